The number of hydrogen-bond donors (Lipinski definition) is 3. The van der Waals surface area contributed by atoms with Crippen molar-refractivity contribution in [2.24, 2.45) is 0 Å². The summed E-state index contributed by atoms with van der Waals surface area (Å²) < 4.78 is 7.29. The van der Waals surface area contributed by atoms with Crippen LogP contribution in [0.25, 0.3) is 16.7 Å². The number of ether oxygens (including phenoxy) is 1. The quantitative estimate of drug-likeness (QED) is 0.249. The fraction of sp³-hybridized carbons (Fsp3) is 0.217. The number of carbonyl (C=O) groups excluding carboxylic acids is 1. The van der Waals surface area contributed by atoms with Gasteiger partial charge in [0.05, 0.1) is 23.4 Å². The highest BCUT2D eigenvalue weighted by Crippen LogP contribution is 2.26. The molecule has 4 rings (SSSR count). The number of nitrogens with zero attached hydrogens (tertiary/aromatic N) is 3. The average molecular weight is 483 g/mol. The van der Waals surface area contributed by atoms with Crippen LogP contribution in [0.15, 0.2) is 53.7 Å². The maximum absolute atomic E-state index is 12.6. The number of halogens is 1. The number of carbonyl (C=O) groups is 1. The first-order valence-electron chi connectivity index (χ1n) is 10.4. The molecule has 10 heteroatoms. The van der Waals surface area contributed by atoms with Crippen LogP contribution >= 0.6 is 23.4 Å². The Bertz CT molecular complexity index is 1370. The second-order valence-electron chi connectivity index (χ2n) is 7.18. The maximum Gasteiger partial charge on any atom is 0.225 e. The monoisotopic (exact) mass is 482 g/mol. The van der Waals surface area contributed by atoms with Crippen LogP contribution in [0, 0.1) is 12.3 Å². The Morgan fingerprint density at radius 1 is 1.27 bits per heavy atom. The molecular weight excluding hydrogens is 460 g/mol. The fourth-order valence-electron chi connectivity index (χ4n) is 3.38. The van der Waals surface area contributed by atoms with Gasteiger partial charge in [-0.1, -0.05) is 41.6 Å². The van der Waals surface area contributed by atoms with Crippen LogP contribution in [-0.4, -0.2) is 38.0 Å². The zero-order valence-electron chi connectivity index (χ0n) is 18.2. The summed E-state index contributed by atoms with van der Waals surface area (Å²) in [4.78, 5) is 17.2. The molecule has 0 radical (unpaired) electrons. The summed E-state index contributed by atoms with van der Waals surface area (Å²) in [5.74, 6) is 0.969. The van der Waals surface area contributed by atoms with E-state index >= 15 is 0 Å². The molecule has 170 valence electrons. The van der Waals surface area contributed by atoms with E-state index in [1.165, 1.54) is 11.8 Å². The van der Waals surface area contributed by atoms with Gasteiger partial charge in [0.25, 0.3) is 0 Å². The number of rotatable bonds is 8. The van der Waals surface area contributed by atoms with Crippen LogP contribution < -0.4 is 15.5 Å². The van der Waals surface area contributed by atoms with Crippen molar-refractivity contribution in [3.05, 3.63) is 64.7 Å². The van der Waals surface area contributed by atoms with Crippen LogP contribution in [0.5, 0.6) is 5.75 Å². The normalized spacial score (nSPS) is 11.0. The van der Waals surface area contributed by atoms with E-state index in [0.717, 1.165) is 11.4 Å². The number of hydrogen-bond acceptors (Lipinski definition) is 6. The summed E-state index contributed by atoms with van der Waals surface area (Å²) in [5, 5.41) is 20.6. The maximum atomic E-state index is 12.6. The third kappa shape index (κ3) is 5.04. The Labute approximate surface area is 199 Å². The Morgan fingerprint density at radius 2 is 2.09 bits per heavy atom. The Hall–Kier alpha value is -3.30. The van der Waals surface area contributed by atoms with E-state index in [9.17, 15) is 4.79 Å². The number of aromatic amines is 1. The topological polar surface area (TPSA) is 109 Å². The van der Waals surface area contributed by atoms with Gasteiger partial charge in [-0.3, -0.25) is 19.9 Å². The number of aromatic nitrogens is 4. The summed E-state index contributed by atoms with van der Waals surface area (Å²) in [5.41, 5.74) is 2.85. The van der Waals surface area contributed by atoms with Gasteiger partial charge < -0.3 is 10.1 Å². The molecule has 0 bridgehead atoms. The minimum Gasteiger partial charge on any atom is -0.492 e. The molecule has 8 nitrogen and oxygen atoms in total. The van der Waals surface area contributed by atoms with Crippen molar-refractivity contribution in [3.63, 3.8) is 0 Å². The molecule has 2 heterocycles. The number of benzene rings is 2. The van der Waals surface area contributed by atoms with Crippen molar-refractivity contribution in [2.75, 3.05) is 17.7 Å². The van der Waals surface area contributed by atoms with Crippen LogP contribution in [0.3, 0.4) is 0 Å². The van der Waals surface area contributed by atoms with Crippen LogP contribution in [0.4, 0.5) is 5.69 Å². The van der Waals surface area contributed by atoms with Crippen LogP contribution in [-0.2, 0) is 4.79 Å². The molecule has 0 unspecified atom stereocenters. The summed E-state index contributed by atoms with van der Waals surface area (Å²) in [6.07, 6.45) is 0.257. The zero-order valence-corrected chi connectivity index (χ0v) is 19.8. The summed E-state index contributed by atoms with van der Waals surface area (Å²) >= 11 is 7.58. The van der Waals surface area contributed by atoms with E-state index in [4.69, 9.17) is 21.7 Å². The number of fused-ring (bicyclic) bond motifs is 1. The van der Waals surface area contributed by atoms with Gasteiger partial charge >= 0.3 is 0 Å². The number of thioether (sulfide) groups is 1. The lowest BCUT2D eigenvalue weighted by atomic mass is 10.3. The number of aryl methyl sites for hydroxylation is 1. The highest BCUT2D eigenvalue weighted by Gasteiger charge is 2.16. The molecule has 0 aliphatic rings. The molecule has 0 aliphatic heterocycles. The highest BCUT2D eigenvalue weighted by molar-refractivity contribution is 7.99. The van der Waals surface area contributed by atoms with Gasteiger partial charge in [0.15, 0.2) is 10.8 Å². The van der Waals surface area contributed by atoms with Gasteiger partial charge in [0.1, 0.15) is 11.2 Å². The molecule has 0 atom stereocenters. The molecule has 2 aromatic carbocycles. The highest BCUT2D eigenvalue weighted by atomic mass is 35.5. The van der Waals surface area contributed by atoms with Crippen molar-refractivity contribution >= 4 is 46.0 Å². The largest absolute Gasteiger partial charge is 0.492 e. The van der Waals surface area contributed by atoms with Gasteiger partial charge in [0.2, 0.25) is 5.91 Å². The lowest BCUT2D eigenvalue weighted by molar-refractivity contribution is -0.115. The molecule has 3 N–H and O–H groups in total. The molecule has 0 saturated heterocycles. The van der Waals surface area contributed by atoms with Gasteiger partial charge in [-0.2, -0.15) is 5.10 Å². The van der Waals surface area contributed by atoms with Crippen LogP contribution in [0.1, 0.15) is 19.0 Å². The number of para-hydroxylation sites is 2. The number of nitrogens with one attached hydrogen (secondary N) is 3. The molecule has 2 aromatic heterocycles. The molecule has 0 fully saturated rings. The van der Waals surface area contributed by atoms with E-state index in [1.807, 2.05) is 50.2 Å². The van der Waals surface area contributed by atoms with E-state index in [1.54, 1.807) is 16.7 Å². The van der Waals surface area contributed by atoms with Gasteiger partial charge in [0, 0.05) is 22.9 Å². The number of anilines is 1. The molecule has 1 amide bonds. The predicted molar refractivity (Wildman–Crippen MR) is 130 cm³/mol. The first-order valence-corrected chi connectivity index (χ1v) is 11.8. The van der Waals surface area contributed by atoms with Crippen LogP contribution in [0.2, 0.25) is 5.02 Å². The van der Waals surface area contributed by atoms with E-state index in [2.05, 4.69) is 20.5 Å². The van der Waals surface area contributed by atoms with E-state index < -0.39 is 0 Å². The summed E-state index contributed by atoms with van der Waals surface area (Å²) in [6, 6.07) is 14.6. The van der Waals surface area contributed by atoms with E-state index in [0.29, 0.717) is 45.0 Å². The number of amides is 1. The standard InChI is InChI=1S/C23H23ClN6O2S/c1-3-32-18-10-5-4-9-17(18)26-19(31)11-12-33-23-27-22-20(14(2)28-29-22)21(25)30(23)16-8-6-7-15(24)13-16/h4-10,13,25H,3,11-12H2,1-2H3,(H,26,31)(H,28,29). The lowest BCUT2D eigenvalue weighted by Gasteiger charge is -2.14. The molecule has 0 aliphatic carbocycles. The third-order valence-corrected chi connectivity index (χ3v) is 6.04. The van der Waals surface area contributed by atoms with Crippen molar-refractivity contribution in [1.29, 1.82) is 5.41 Å². The molecular formula is C23H23ClN6O2S. The predicted octanol–water partition coefficient (Wildman–Crippen LogP) is 4.71. The van der Waals surface area contributed by atoms with Gasteiger partial charge in [-0.05, 0) is 44.2 Å². The first-order chi connectivity index (χ1) is 16.0. The first kappa shape index (κ1) is 22.9. The van der Waals surface area contributed by atoms with Gasteiger partial charge in [-0.25, -0.2) is 4.98 Å². The Balaban J connectivity index is 1.56. The third-order valence-electron chi connectivity index (χ3n) is 4.87. The molecule has 0 spiro atoms. The molecule has 33 heavy (non-hydrogen) atoms. The van der Waals surface area contributed by atoms with Crippen molar-refractivity contribution in [3.8, 4) is 11.4 Å². The zero-order chi connectivity index (χ0) is 23.4. The summed E-state index contributed by atoms with van der Waals surface area (Å²) in [6.45, 7) is 4.27. The van der Waals surface area contributed by atoms with Crippen molar-refractivity contribution in [2.45, 2.75) is 25.4 Å². The minimum atomic E-state index is -0.133. The average Bonchev–Trinajstić information content (AvgIpc) is 3.16. The van der Waals surface area contributed by atoms with Crippen molar-refractivity contribution in [1.82, 2.24) is 19.7 Å². The lowest BCUT2D eigenvalue weighted by Crippen LogP contribution is -2.22. The number of H-pyrrole nitrogens is 1. The Morgan fingerprint density at radius 3 is 2.88 bits per heavy atom. The minimum absolute atomic E-state index is 0.133. The fourth-order valence-corrected chi connectivity index (χ4v) is 4.51. The SMILES string of the molecule is CCOc1ccccc1NC(=O)CCSc1nc2n[nH]c(C)c2c(=N)n1-c1cccc(Cl)c1. The second kappa shape index (κ2) is 10.1. The Kier molecular flexibility index (Phi) is 7.00. The van der Waals surface area contributed by atoms with Crippen molar-refractivity contribution < 1.29 is 9.53 Å². The molecule has 4 aromatic rings. The summed E-state index contributed by atoms with van der Waals surface area (Å²) in [7, 11) is 0. The smallest absolute Gasteiger partial charge is 0.225 e. The van der Waals surface area contributed by atoms with E-state index in [-0.39, 0.29) is 17.8 Å². The van der Waals surface area contributed by atoms with Gasteiger partial charge in [-0.15, -0.1) is 0 Å². The molecule has 0 saturated carbocycles. The second-order valence-corrected chi connectivity index (χ2v) is 8.68.